The number of hydrogen-bond acceptors (Lipinski definition) is 3. The second-order valence-electron chi connectivity index (χ2n) is 5.92. The van der Waals surface area contributed by atoms with Gasteiger partial charge in [-0.25, -0.2) is 4.98 Å². The Bertz CT molecular complexity index is 559. The lowest BCUT2D eigenvalue weighted by atomic mass is 9.87. The number of aromatic nitrogens is 2. The van der Waals surface area contributed by atoms with E-state index in [9.17, 15) is 0 Å². The highest BCUT2D eigenvalue weighted by molar-refractivity contribution is 5.39. The molecular formula is C16H19N3O. The molecule has 0 unspecified atom stereocenters. The van der Waals surface area contributed by atoms with Crippen LogP contribution < -0.4 is 4.74 Å². The van der Waals surface area contributed by atoms with E-state index in [0.717, 1.165) is 44.6 Å². The van der Waals surface area contributed by atoms with Crippen molar-refractivity contribution in [3.8, 4) is 5.75 Å². The minimum atomic E-state index is 0.0498. The molecule has 4 heteroatoms. The number of piperidine rings is 1. The van der Waals surface area contributed by atoms with E-state index < -0.39 is 0 Å². The highest BCUT2D eigenvalue weighted by Crippen LogP contribution is 2.40. The number of benzene rings is 1. The summed E-state index contributed by atoms with van der Waals surface area (Å²) < 4.78 is 6.27. The van der Waals surface area contributed by atoms with Crippen molar-refractivity contribution in [2.45, 2.75) is 31.4 Å². The van der Waals surface area contributed by atoms with Gasteiger partial charge in [0.2, 0.25) is 0 Å². The number of ether oxygens (including phenoxy) is 1. The molecular weight excluding hydrogens is 250 g/mol. The van der Waals surface area contributed by atoms with Gasteiger partial charge in [-0.1, -0.05) is 18.2 Å². The first-order valence-corrected chi connectivity index (χ1v) is 7.30. The van der Waals surface area contributed by atoms with Crippen LogP contribution in [0.1, 0.15) is 24.1 Å². The van der Waals surface area contributed by atoms with Crippen LogP contribution in [-0.4, -0.2) is 33.6 Å². The van der Waals surface area contributed by atoms with E-state index in [-0.39, 0.29) is 5.60 Å². The van der Waals surface area contributed by atoms with E-state index in [1.807, 2.05) is 6.20 Å². The summed E-state index contributed by atoms with van der Waals surface area (Å²) in [7, 11) is 0. The Morgan fingerprint density at radius 3 is 2.85 bits per heavy atom. The van der Waals surface area contributed by atoms with Gasteiger partial charge in [-0.3, -0.25) is 4.90 Å². The van der Waals surface area contributed by atoms with Gasteiger partial charge in [0.05, 0.1) is 6.33 Å². The second kappa shape index (κ2) is 4.63. The number of imidazole rings is 1. The summed E-state index contributed by atoms with van der Waals surface area (Å²) in [6, 6.07) is 8.46. The summed E-state index contributed by atoms with van der Waals surface area (Å²) in [6.45, 7) is 3.14. The minimum Gasteiger partial charge on any atom is -0.487 e. The molecule has 2 aromatic rings. The van der Waals surface area contributed by atoms with Crippen LogP contribution in [0.25, 0.3) is 0 Å². The van der Waals surface area contributed by atoms with Gasteiger partial charge >= 0.3 is 0 Å². The zero-order valence-electron chi connectivity index (χ0n) is 11.5. The molecule has 104 valence electrons. The molecule has 4 rings (SSSR count). The Balaban J connectivity index is 1.41. The average molecular weight is 269 g/mol. The van der Waals surface area contributed by atoms with Crippen LogP contribution >= 0.6 is 0 Å². The molecule has 1 aromatic heterocycles. The van der Waals surface area contributed by atoms with E-state index >= 15 is 0 Å². The third-order valence-electron chi connectivity index (χ3n) is 4.53. The fourth-order valence-electron chi connectivity index (χ4n) is 3.38. The Morgan fingerprint density at radius 1 is 1.25 bits per heavy atom. The minimum absolute atomic E-state index is 0.0498. The quantitative estimate of drug-likeness (QED) is 0.910. The van der Waals surface area contributed by atoms with Gasteiger partial charge in [-0.15, -0.1) is 0 Å². The van der Waals surface area contributed by atoms with E-state index in [1.165, 1.54) is 11.3 Å². The standard InChI is InChI=1S/C16H19N3O/c1-2-4-15-13(3-1)9-16(20-15)5-7-19(8-6-16)11-14-10-17-12-18-14/h1-4,10,12H,5-9,11H2,(H,17,18). The summed E-state index contributed by atoms with van der Waals surface area (Å²) in [5.41, 5.74) is 2.61. The lowest BCUT2D eigenvalue weighted by Gasteiger charge is -2.38. The highest BCUT2D eigenvalue weighted by atomic mass is 16.5. The number of para-hydroxylation sites is 1. The van der Waals surface area contributed by atoms with Gasteiger partial charge in [-0.05, 0) is 11.6 Å². The molecule has 0 amide bonds. The third-order valence-corrected chi connectivity index (χ3v) is 4.53. The number of fused-ring (bicyclic) bond motifs is 1. The Morgan fingerprint density at radius 2 is 2.10 bits per heavy atom. The van der Waals surface area contributed by atoms with Crippen molar-refractivity contribution in [1.29, 1.82) is 0 Å². The van der Waals surface area contributed by atoms with Gasteiger partial charge in [0.15, 0.2) is 0 Å². The monoisotopic (exact) mass is 269 g/mol. The molecule has 1 fully saturated rings. The van der Waals surface area contributed by atoms with Gasteiger partial charge in [0.25, 0.3) is 0 Å². The van der Waals surface area contributed by atoms with Crippen LogP contribution in [0.15, 0.2) is 36.8 Å². The molecule has 3 heterocycles. The van der Waals surface area contributed by atoms with E-state index in [4.69, 9.17) is 4.74 Å². The highest BCUT2D eigenvalue weighted by Gasteiger charge is 2.41. The molecule has 2 aliphatic heterocycles. The van der Waals surface area contributed by atoms with Crippen LogP contribution in [-0.2, 0) is 13.0 Å². The first-order valence-electron chi connectivity index (χ1n) is 7.30. The number of likely N-dealkylation sites (tertiary alicyclic amines) is 1. The first kappa shape index (κ1) is 12.0. The fraction of sp³-hybridized carbons (Fsp3) is 0.438. The number of hydrogen-bond donors (Lipinski definition) is 1. The zero-order valence-corrected chi connectivity index (χ0v) is 11.5. The normalized spacial score (nSPS) is 20.8. The van der Waals surface area contributed by atoms with Gasteiger partial charge in [0.1, 0.15) is 11.4 Å². The molecule has 4 nitrogen and oxygen atoms in total. The van der Waals surface area contributed by atoms with Crippen molar-refractivity contribution in [3.05, 3.63) is 48.0 Å². The second-order valence-corrected chi connectivity index (χ2v) is 5.92. The third kappa shape index (κ3) is 2.10. The number of rotatable bonds is 2. The van der Waals surface area contributed by atoms with Gasteiger partial charge in [0, 0.05) is 50.8 Å². The summed E-state index contributed by atoms with van der Waals surface area (Å²) in [5.74, 6) is 1.09. The number of H-pyrrole nitrogens is 1. The number of nitrogens with zero attached hydrogens (tertiary/aromatic N) is 2. The lowest BCUT2D eigenvalue weighted by Crippen LogP contribution is -2.47. The Labute approximate surface area is 118 Å². The van der Waals surface area contributed by atoms with E-state index in [0.29, 0.717) is 0 Å². The largest absolute Gasteiger partial charge is 0.487 e. The molecule has 1 N–H and O–H groups in total. The lowest BCUT2D eigenvalue weighted by molar-refractivity contribution is 0.0167. The molecule has 0 saturated carbocycles. The average Bonchev–Trinajstić information content (AvgIpc) is 3.09. The van der Waals surface area contributed by atoms with Crippen molar-refractivity contribution in [2.75, 3.05) is 13.1 Å². The fourth-order valence-corrected chi connectivity index (χ4v) is 3.38. The maximum atomic E-state index is 6.27. The van der Waals surface area contributed by atoms with Crippen molar-refractivity contribution < 1.29 is 4.74 Å². The van der Waals surface area contributed by atoms with Crippen LogP contribution in [0.4, 0.5) is 0 Å². The van der Waals surface area contributed by atoms with Crippen LogP contribution in [0.2, 0.25) is 0 Å². The van der Waals surface area contributed by atoms with Crippen molar-refractivity contribution >= 4 is 0 Å². The van der Waals surface area contributed by atoms with Gasteiger partial charge in [-0.2, -0.15) is 0 Å². The van der Waals surface area contributed by atoms with Crippen LogP contribution in [0, 0.1) is 0 Å². The van der Waals surface area contributed by atoms with Gasteiger partial charge < -0.3 is 9.72 Å². The van der Waals surface area contributed by atoms with Crippen molar-refractivity contribution in [2.24, 2.45) is 0 Å². The SMILES string of the molecule is c1ccc2c(c1)CC1(CCN(Cc3cnc[nH]3)CC1)O2. The summed E-state index contributed by atoms with van der Waals surface area (Å²) in [6.07, 6.45) is 6.94. The summed E-state index contributed by atoms with van der Waals surface area (Å²) in [4.78, 5) is 9.73. The molecule has 0 bridgehead atoms. The summed E-state index contributed by atoms with van der Waals surface area (Å²) in [5, 5.41) is 0. The summed E-state index contributed by atoms with van der Waals surface area (Å²) >= 11 is 0. The maximum Gasteiger partial charge on any atom is 0.123 e. The number of nitrogens with one attached hydrogen (secondary N) is 1. The molecule has 0 atom stereocenters. The first-order chi connectivity index (χ1) is 9.83. The van der Waals surface area contributed by atoms with Crippen LogP contribution in [0.5, 0.6) is 5.75 Å². The zero-order chi connectivity index (χ0) is 13.4. The van der Waals surface area contributed by atoms with Crippen LogP contribution in [0.3, 0.4) is 0 Å². The topological polar surface area (TPSA) is 41.2 Å². The molecule has 1 aromatic carbocycles. The Kier molecular flexibility index (Phi) is 2.77. The predicted molar refractivity (Wildman–Crippen MR) is 76.6 cm³/mol. The maximum absolute atomic E-state index is 6.27. The van der Waals surface area contributed by atoms with Crippen molar-refractivity contribution in [1.82, 2.24) is 14.9 Å². The molecule has 2 aliphatic rings. The van der Waals surface area contributed by atoms with E-state index in [2.05, 4.69) is 39.1 Å². The molecule has 1 spiro atoms. The smallest absolute Gasteiger partial charge is 0.123 e. The number of aromatic amines is 1. The molecule has 1 saturated heterocycles. The predicted octanol–water partition coefficient (Wildman–Crippen LogP) is 2.38. The molecule has 20 heavy (non-hydrogen) atoms. The van der Waals surface area contributed by atoms with Crippen molar-refractivity contribution in [3.63, 3.8) is 0 Å². The molecule has 0 radical (unpaired) electrons. The Hall–Kier alpha value is -1.81. The van der Waals surface area contributed by atoms with E-state index in [1.54, 1.807) is 6.33 Å². The molecule has 0 aliphatic carbocycles.